The maximum Gasteiger partial charge on any atom is 0.238 e. The van der Waals surface area contributed by atoms with Gasteiger partial charge in [-0.1, -0.05) is 35.9 Å². The molecule has 2 N–H and O–H groups in total. The Balaban J connectivity index is 1.78. The van der Waals surface area contributed by atoms with Crippen molar-refractivity contribution >= 4 is 23.2 Å². The van der Waals surface area contributed by atoms with Gasteiger partial charge in [0, 0.05) is 6.54 Å². The minimum Gasteiger partial charge on any atom is -0.324 e. The number of rotatable bonds is 5. The number of carbonyl (C=O) groups is 1. The molecule has 0 bridgehead atoms. The number of amides is 1. The molecule has 0 aliphatic carbocycles. The molecule has 0 radical (unpaired) electrons. The quantitative estimate of drug-likeness (QED) is 0.888. The Hall–Kier alpha value is -1.91. The second-order valence-corrected chi connectivity index (χ2v) is 4.67. The molecule has 0 unspecified atom stereocenters. The summed E-state index contributed by atoms with van der Waals surface area (Å²) in [5.74, 6) is -0.453. The van der Waals surface area contributed by atoms with Gasteiger partial charge in [-0.15, -0.1) is 0 Å². The van der Waals surface area contributed by atoms with E-state index >= 15 is 0 Å². The largest absolute Gasteiger partial charge is 0.324 e. The topological polar surface area (TPSA) is 41.1 Å². The number of benzene rings is 2. The van der Waals surface area contributed by atoms with E-state index in [1.807, 2.05) is 0 Å². The third-order valence-corrected chi connectivity index (χ3v) is 3.01. The van der Waals surface area contributed by atoms with E-state index in [1.165, 1.54) is 12.1 Å². The number of halogens is 2. The lowest BCUT2D eigenvalue weighted by Crippen LogP contribution is -2.27. The van der Waals surface area contributed by atoms with Crippen LogP contribution < -0.4 is 10.6 Å². The molecule has 104 valence electrons. The number of hydrogen-bond acceptors (Lipinski definition) is 2. The highest BCUT2D eigenvalue weighted by Crippen LogP contribution is 2.19. The number of nitrogens with one attached hydrogen (secondary N) is 2. The van der Waals surface area contributed by atoms with Crippen LogP contribution >= 0.6 is 11.6 Å². The summed E-state index contributed by atoms with van der Waals surface area (Å²) in [5, 5.41) is 6.19. The summed E-state index contributed by atoms with van der Waals surface area (Å²) >= 11 is 5.94. The van der Waals surface area contributed by atoms with E-state index in [0.717, 1.165) is 5.56 Å². The molecule has 0 saturated heterocycles. The van der Waals surface area contributed by atoms with Crippen molar-refractivity contribution in [1.29, 1.82) is 0 Å². The predicted molar refractivity (Wildman–Crippen MR) is 78.2 cm³/mol. The van der Waals surface area contributed by atoms with Crippen molar-refractivity contribution in [2.24, 2.45) is 0 Å². The van der Waals surface area contributed by atoms with Crippen LogP contribution in [0.15, 0.2) is 48.5 Å². The molecule has 2 rings (SSSR count). The summed E-state index contributed by atoms with van der Waals surface area (Å²) in [6.45, 7) is 0.652. The Morgan fingerprint density at radius 2 is 1.80 bits per heavy atom. The van der Waals surface area contributed by atoms with Crippen LogP contribution in [0.1, 0.15) is 5.56 Å². The predicted octanol–water partition coefficient (Wildman–Crippen LogP) is 3.21. The Kier molecular flexibility index (Phi) is 5.09. The van der Waals surface area contributed by atoms with Crippen molar-refractivity contribution in [3.05, 3.63) is 64.9 Å². The van der Waals surface area contributed by atoms with E-state index in [9.17, 15) is 9.18 Å². The van der Waals surface area contributed by atoms with Crippen LogP contribution in [0.3, 0.4) is 0 Å². The van der Waals surface area contributed by atoms with E-state index in [1.54, 1.807) is 36.4 Å². The lowest BCUT2D eigenvalue weighted by atomic mass is 10.2. The van der Waals surface area contributed by atoms with Gasteiger partial charge < -0.3 is 10.6 Å². The van der Waals surface area contributed by atoms with Crippen molar-refractivity contribution in [2.45, 2.75) is 6.54 Å². The first-order valence-corrected chi connectivity index (χ1v) is 6.52. The van der Waals surface area contributed by atoms with Gasteiger partial charge in [-0.05, 0) is 29.8 Å². The average Bonchev–Trinajstić information content (AvgIpc) is 2.44. The molecule has 0 aliphatic rings. The van der Waals surface area contributed by atoms with E-state index in [4.69, 9.17) is 11.6 Å². The number of para-hydroxylation sites is 1. The Morgan fingerprint density at radius 1 is 1.10 bits per heavy atom. The average molecular weight is 293 g/mol. The zero-order valence-corrected chi connectivity index (χ0v) is 11.5. The van der Waals surface area contributed by atoms with Crippen molar-refractivity contribution < 1.29 is 9.18 Å². The fraction of sp³-hybridized carbons (Fsp3) is 0.133. The van der Waals surface area contributed by atoms with Crippen LogP contribution in [-0.2, 0) is 11.3 Å². The van der Waals surface area contributed by atoms with Gasteiger partial charge in [0.1, 0.15) is 5.82 Å². The first kappa shape index (κ1) is 14.5. The maximum absolute atomic E-state index is 12.7. The molecule has 2 aromatic carbocycles. The summed E-state index contributed by atoms with van der Waals surface area (Å²) in [6, 6.07) is 13.2. The summed E-state index contributed by atoms with van der Waals surface area (Å²) < 4.78 is 12.7. The molecule has 0 spiro atoms. The van der Waals surface area contributed by atoms with Gasteiger partial charge >= 0.3 is 0 Å². The molecule has 0 atom stereocenters. The van der Waals surface area contributed by atoms with Crippen molar-refractivity contribution in [3.8, 4) is 0 Å². The Bertz CT molecular complexity index is 587. The molecular formula is C15H14ClFN2O. The fourth-order valence-electron chi connectivity index (χ4n) is 1.68. The molecule has 20 heavy (non-hydrogen) atoms. The third kappa shape index (κ3) is 4.33. The Labute approximate surface area is 121 Å². The summed E-state index contributed by atoms with van der Waals surface area (Å²) in [4.78, 5) is 11.7. The molecular weight excluding hydrogens is 279 g/mol. The van der Waals surface area contributed by atoms with Gasteiger partial charge in [-0.2, -0.15) is 0 Å². The smallest absolute Gasteiger partial charge is 0.238 e. The minimum atomic E-state index is -0.273. The summed E-state index contributed by atoms with van der Waals surface area (Å²) in [7, 11) is 0. The van der Waals surface area contributed by atoms with E-state index in [0.29, 0.717) is 17.3 Å². The first-order valence-electron chi connectivity index (χ1n) is 6.15. The van der Waals surface area contributed by atoms with Crippen molar-refractivity contribution in [1.82, 2.24) is 5.32 Å². The second-order valence-electron chi connectivity index (χ2n) is 4.26. The monoisotopic (exact) mass is 292 g/mol. The third-order valence-electron chi connectivity index (χ3n) is 2.68. The normalized spacial score (nSPS) is 10.3. The molecule has 0 heterocycles. The van der Waals surface area contributed by atoms with Crippen molar-refractivity contribution in [2.75, 3.05) is 11.9 Å². The van der Waals surface area contributed by atoms with Crippen LogP contribution in [0.5, 0.6) is 0 Å². The lowest BCUT2D eigenvalue weighted by molar-refractivity contribution is -0.115. The zero-order chi connectivity index (χ0) is 14.4. The van der Waals surface area contributed by atoms with Gasteiger partial charge in [-0.3, -0.25) is 4.79 Å². The maximum atomic E-state index is 12.7. The summed E-state index contributed by atoms with van der Waals surface area (Å²) in [6.07, 6.45) is 0. The van der Waals surface area contributed by atoms with E-state index in [2.05, 4.69) is 10.6 Å². The van der Waals surface area contributed by atoms with Crippen LogP contribution in [0.4, 0.5) is 10.1 Å². The van der Waals surface area contributed by atoms with E-state index in [-0.39, 0.29) is 18.3 Å². The van der Waals surface area contributed by atoms with Crippen LogP contribution in [0.25, 0.3) is 0 Å². The standard InChI is InChI=1S/C15H14ClFN2O/c16-13-3-1-2-4-14(13)19-15(20)10-18-9-11-5-7-12(17)8-6-11/h1-8,18H,9-10H2,(H,19,20). The molecule has 0 aromatic heterocycles. The molecule has 0 aliphatic heterocycles. The van der Waals surface area contributed by atoms with Gasteiger partial charge in [-0.25, -0.2) is 4.39 Å². The van der Waals surface area contributed by atoms with Gasteiger partial charge in [0.15, 0.2) is 0 Å². The van der Waals surface area contributed by atoms with E-state index < -0.39 is 0 Å². The fourth-order valence-corrected chi connectivity index (χ4v) is 1.86. The van der Waals surface area contributed by atoms with Gasteiger partial charge in [0.2, 0.25) is 5.91 Å². The summed E-state index contributed by atoms with van der Waals surface area (Å²) in [5.41, 5.74) is 1.50. The second kappa shape index (κ2) is 7.03. The van der Waals surface area contributed by atoms with Crippen LogP contribution in [-0.4, -0.2) is 12.5 Å². The molecule has 2 aromatic rings. The lowest BCUT2D eigenvalue weighted by Gasteiger charge is -2.08. The van der Waals surface area contributed by atoms with Crippen LogP contribution in [0, 0.1) is 5.82 Å². The SMILES string of the molecule is O=C(CNCc1ccc(F)cc1)Nc1ccccc1Cl. The molecule has 5 heteroatoms. The number of anilines is 1. The Morgan fingerprint density at radius 3 is 2.50 bits per heavy atom. The minimum absolute atomic E-state index is 0.155. The zero-order valence-electron chi connectivity index (χ0n) is 10.7. The highest BCUT2D eigenvalue weighted by molar-refractivity contribution is 6.33. The molecule has 0 saturated carbocycles. The number of carbonyl (C=O) groups excluding carboxylic acids is 1. The van der Waals surface area contributed by atoms with Gasteiger partial charge in [0.05, 0.1) is 17.3 Å². The molecule has 3 nitrogen and oxygen atoms in total. The first-order chi connectivity index (χ1) is 9.65. The molecule has 0 fully saturated rings. The van der Waals surface area contributed by atoms with Gasteiger partial charge in [0.25, 0.3) is 0 Å². The van der Waals surface area contributed by atoms with Crippen molar-refractivity contribution in [3.63, 3.8) is 0 Å². The highest BCUT2D eigenvalue weighted by atomic mass is 35.5. The highest BCUT2D eigenvalue weighted by Gasteiger charge is 2.04. The van der Waals surface area contributed by atoms with Crippen LogP contribution in [0.2, 0.25) is 5.02 Å². The number of hydrogen-bond donors (Lipinski definition) is 2. The molecule has 1 amide bonds.